The minimum atomic E-state index is -0.601. The van der Waals surface area contributed by atoms with Crippen molar-refractivity contribution in [1.82, 2.24) is 9.97 Å². The van der Waals surface area contributed by atoms with Crippen molar-refractivity contribution in [1.29, 1.82) is 0 Å². The van der Waals surface area contributed by atoms with Crippen LogP contribution in [0.1, 0.15) is 10.6 Å². The molecule has 0 bridgehead atoms. The quantitative estimate of drug-likeness (QED) is 0.766. The van der Waals surface area contributed by atoms with Crippen LogP contribution in [0.4, 0.5) is 0 Å². The number of hydrogen-bond donors (Lipinski definition) is 1. The molecule has 0 saturated carbocycles. The summed E-state index contributed by atoms with van der Waals surface area (Å²) < 4.78 is 0. The molecule has 72 valence electrons. The number of carbonyl (C=O) groups is 1. The first-order valence-electron chi connectivity index (χ1n) is 3.84. The lowest BCUT2D eigenvalue weighted by atomic mass is 10.5. The SMILES string of the molecule is NC(=O)c1ncccn1.c1ccsc1. The summed E-state index contributed by atoms with van der Waals surface area (Å²) in [7, 11) is 0. The minimum absolute atomic E-state index is 0.0532. The topological polar surface area (TPSA) is 68.9 Å². The molecule has 2 aromatic heterocycles. The Morgan fingerprint density at radius 2 is 1.71 bits per heavy atom. The van der Waals surface area contributed by atoms with Crippen LogP contribution in [0.5, 0.6) is 0 Å². The largest absolute Gasteiger partial charge is 0.363 e. The molecule has 14 heavy (non-hydrogen) atoms. The fourth-order valence-corrected chi connectivity index (χ4v) is 1.11. The van der Waals surface area contributed by atoms with Gasteiger partial charge in [0, 0.05) is 12.4 Å². The number of thiophene rings is 1. The van der Waals surface area contributed by atoms with Crippen molar-refractivity contribution in [2.75, 3.05) is 0 Å². The first-order chi connectivity index (χ1) is 6.80. The highest BCUT2D eigenvalue weighted by Gasteiger charge is 1.98. The standard InChI is InChI=1S/C5H5N3O.C4H4S/c6-4(9)5-7-2-1-3-8-5;1-2-4-5-3-1/h1-3H,(H2,6,9);1-4H. The van der Waals surface area contributed by atoms with E-state index < -0.39 is 5.91 Å². The molecule has 0 saturated heterocycles. The summed E-state index contributed by atoms with van der Waals surface area (Å²) in [6.07, 6.45) is 2.93. The minimum Gasteiger partial charge on any atom is -0.363 e. The first-order valence-corrected chi connectivity index (χ1v) is 4.79. The highest BCUT2D eigenvalue weighted by Crippen LogP contribution is 1.91. The summed E-state index contributed by atoms with van der Waals surface area (Å²) in [5, 5.41) is 4.08. The molecule has 0 aliphatic rings. The van der Waals surface area contributed by atoms with E-state index in [0.717, 1.165) is 0 Å². The number of aromatic nitrogens is 2. The average molecular weight is 207 g/mol. The number of nitrogens with zero attached hydrogens (tertiary/aromatic N) is 2. The molecule has 0 aliphatic heterocycles. The highest BCUT2D eigenvalue weighted by atomic mass is 32.1. The Hall–Kier alpha value is -1.75. The van der Waals surface area contributed by atoms with Crippen LogP contribution >= 0.6 is 11.3 Å². The van der Waals surface area contributed by atoms with E-state index in [2.05, 4.69) is 9.97 Å². The van der Waals surface area contributed by atoms with E-state index in [1.54, 1.807) is 17.4 Å². The first kappa shape index (κ1) is 10.3. The Labute approximate surface area is 85.4 Å². The Kier molecular flexibility index (Phi) is 4.30. The third kappa shape index (κ3) is 3.77. The van der Waals surface area contributed by atoms with Crippen molar-refractivity contribution in [2.45, 2.75) is 0 Å². The molecule has 0 aromatic carbocycles. The van der Waals surface area contributed by atoms with Gasteiger partial charge in [-0.15, -0.1) is 0 Å². The van der Waals surface area contributed by atoms with Gasteiger partial charge in [0.25, 0.3) is 5.91 Å². The van der Waals surface area contributed by atoms with Crippen molar-refractivity contribution < 1.29 is 4.79 Å². The van der Waals surface area contributed by atoms with Crippen LogP contribution in [-0.4, -0.2) is 15.9 Å². The lowest BCUT2D eigenvalue weighted by Gasteiger charge is -1.87. The molecule has 2 heterocycles. The smallest absolute Gasteiger partial charge is 0.286 e. The van der Waals surface area contributed by atoms with Crippen LogP contribution < -0.4 is 5.73 Å². The van der Waals surface area contributed by atoms with Crippen LogP contribution in [0.2, 0.25) is 0 Å². The van der Waals surface area contributed by atoms with Crippen LogP contribution in [0.25, 0.3) is 0 Å². The molecule has 0 atom stereocenters. The number of nitrogens with two attached hydrogens (primary N) is 1. The van der Waals surface area contributed by atoms with Gasteiger partial charge in [0.15, 0.2) is 0 Å². The van der Waals surface area contributed by atoms with Gasteiger partial charge in [0.2, 0.25) is 5.82 Å². The molecule has 2 N–H and O–H groups in total. The van der Waals surface area contributed by atoms with Gasteiger partial charge in [-0.05, 0) is 16.8 Å². The van der Waals surface area contributed by atoms with E-state index >= 15 is 0 Å². The van der Waals surface area contributed by atoms with Gasteiger partial charge in [-0.25, -0.2) is 9.97 Å². The molecular formula is C9H9N3OS. The normalized spacial score (nSPS) is 8.57. The zero-order valence-corrected chi connectivity index (χ0v) is 8.15. The summed E-state index contributed by atoms with van der Waals surface area (Å²) in [5.74, 6) is -0.548. The van der Waals surface area contributed by atoms with E-state index in [4.69, 9.17) is 5.73 Å². The number of hydrogen-bond acceptors (Lipinski definition) is 4. The monoisotopic (exact) mass is 207 g/mol. The maximum atomic E-state index is 10.3. The van der Waals surface area contributed by atoms with Crippen LogP contribution in [0.3, 0.4) is 0 Å². The number of primary amides is 1. The van der Waals surface area contributed by atoms with E-state index in [1.165, 1.54) is 12.4 Å². The molecule has 2 rings (SSSR count). The van der Waals surface area contributed by atoms with Crippen molar-refractivity contribution in [3.05, 3.63) is 47.2 Å². The average Bonchev–Trinajstić information content (AvgIpc) is 2.77. The predicted octanol–water partition coefficient (Wildman–Crippen LogP) is 1.32. The number of carbonyl (C=O) groups excluding carboxylic acids is 1. The van der Waals surface area contributed by atoms with E-state index in [1.807, 2.05) is 22.9 Å². The van der Waals surface area contributed by atoms with Crippen molar-refractivity contribution >= 4 is 17.2 Å². The maximum absolute atomic E-state index is 10.3. The summed E-state index contributed by atoms with van der Waals surface area (Å²) in [5.41, 5.74) is 4.85. The molecule has 2 aromatic rings. The number of rotatable bonds is 1. The van der Waals surface area contributed by atoms with Gasteiger partial charge >= 0.3 is 0 Å². The van der Waals surface area contributed by atoms with E-state index in [0.29, 0.717) is 0 Å². The third-order valence-electron chi connectivity index (χ3n) is 1.21. The second-order valence-corrected chi connectivity index (χ2v) is 3.05. The summed E-state index contributed by atoms with van der Waals surface area (Å²) in [6.45, 7) is 0. The Morgan fingerprint density at radius 1 is 1.14 bits per heavy atom. The second kappa shape index (κ2) is 5.82. The lowest BCUT2D eigenvalue weighted by Crippen LogP contribution is -2.14. The van der Waals surface area contributed by atoms with Crippen LogP contribution in [0.15, 0.2) is 41.4 Å². The van der Waals surface area contributed by atoms with Crippen molar-refractivity contribution in [2.24, 2.45) is 5.73 Å². The van der Waals surface area contributed by atoms with Gasteiger partial charge < -0.3 is 5.73 Å². The third-order valence-corrected chi connectivity index (χ3v) is 1.84. The van der Waals surface area contributed by atoms with Crippen LogP contribution in [-0.2, 0) is 0 Å². The fraction of sp³-hybridized carbons (Fsp3) is 0. The van der Waals surface area contributed by atoms with Gasteiger partial charge in [-0.2, -0.15) is 11.3 Å². The molecule has 4 nitrogen and oxygen atoms in total. The van der Waals surface area contributed by atoms with Crippen molar-refractivity contribution in [3.63, 3.8) is 0 Å². The summed E-state index contributed by atoms with van der Waals surface area (Å²) in [6, 6.07) is 5.65. The molecule has 5 heteroatoms. The van der Waals surface area contributed by atoms with E-state index in [-0.39, 0.29) is 5.82 Å². The van der Waals surface area contributed by atoms with Crippen molar-refractivity contribution in [3.8, 4) is 0 Å². The Balaban J connectivity index is 0.000000165. The summed E-state index contributed by atoms with van der Waals surface area (Å²) in [4.78, 5) is 17.5. The molecule has 0 spiro atoms. The zero-order valence-electron chi connectivity index (χ0n) is 7.33. The molecule has 1 amide bonds. The molecule has 0 fully saturated rings. The Morgan fingerprint density at radius 3 is 2.00 bits per heavy atom. The maximum Gasteiger partial charge on any atom is 0.286 e. The van der Waals surface area contributed by atoms with Gasteiger partial charge in [0.1, 0.15) is 0 Å². The molecule has 0 unspecified atom stereocenters. The predicted molar refractivity (Wildman–Crippen MR) is 54.9 cm³/mol. The fourth-order valence-electron chi connectivity index (χ4n) is 0.653. The Bertz CT molecular complexity index is 344. The lowest BCUT2D eigenvalue weighted by molar-refractivity contribution is 0.0990. The van der Waals surface area contributed by atoms with Crippen LogP contribution in [0, 0.1) is 0 Å². The zero-order chi connectivity index (χ0) is 10.2. The highest BCUT2D eigenvalue weighted by molar-refractivity contribution is 7.07. The van der Waals surface area contributed by atoms with E-state index in [9.17, 15) is 4.79 Å². The molecular weight excluding hydrogens is 198 g/mol. The molecule has 0 radical (unpaired) electrons. The van der Waals surface area contributed by atoms with Gasteiger partial charge in [-0.1, -0.05) is 12.1 Å². The summed E-state index contributed by atoms with van der Waals surface area (Å²) >= 11 is 1.71. The second-order valence-electron chi connectivity index (χ2n) is 2.23. The van der Waals surface area contributed by atoms with Gasteiger partial charge in [0.05, 0.1) is 0 Å². The number of amides is 1. The molecule has 0 aliphatic carbocycles. The van der Waals surface area contributed by atoms with Gasteiger partial charge in [-0.3, -0.25) is 4.79 Å².